The Morgan fingerprint density at radius 2 is 2.15 bits per heavy atom. The summed E-state index contributed by atoms with van der Waals surface area (Å²) in [6.07, 6.45) is 3.60. The minimum absolute atomic E-state index is 0.194. The second-order valence-electron chi connectivity index (χ2n) is 6.62. The number of rotatable bonds is 6. The van der Waals surface area contributed by atoms with Crippen molar-refractivity contribution < 1.29 is 13.9 Å². The second kappa shape index (κ2) is 7.53. The summed E-state index contributed by atoms with van der Waals surface area (Å²) in [5, 5.41) is 7.17. The summed E-state index contributed by atoms with van der Waals surface area (Å²) in [5.41, 5.74) is 1.54. The van der Waals surface area contributed by atoms with E-state index in [2.05, 4.69) is 15.3 Å². The van der Waals surface area contributed by atoms with Crippen LogP contribution in [-0.4, -0.2) is 64.4 Å². The van der Waals surface area contributed by atoms with Gasteiger partial charge >= 0.3 is 0 Å². The molecule has 9 nitrogen and oxygen atoms in total. The van der Waals surface area contributed by atoms with Crippen molar-refractivity contribution in [3.63, 3.8) is 0 Å². The van der Waals surface area contributed by atoms with Crippen molar-refractivity contribution in [2.75, 3.05) is 39.4 Å². The summed E-state index contributed by atoms with van der Waals surface area (Å²) in [6.45, 7) is 6.37. The maximum Gasteiger partial charge on any atom is 0.291 e. The molecule has 0 radical (unpaired) electrons. The Hall–Kier alpha value is -2.65. The van der Waals surface area contributed by atoms with Crippen molar-refractivity contribution in [1.82, 2.24) is 24.4 Å². The molecule has 1 unspecified atom stereocenters. The lowest BCUT2D eigenvalue weighted by Gasteiger charge is -2.26. The van der Waals surface area contributed by atoms with Crippen LogP contribution in [0.4, 0.5) is 0 Å². The summed E-state index contributed by atoms with van der Waals surface area (Å²) in [7, 11) is 0. The molecule has 144 valence electrons. The summed E-state index contributed by atoms with van der Waals surface area (Å²) in [4.78, 5) is 27.8. The van der Waals surface area contributed by atoms with E-state index in [-0.39, 0.29) is 11.5 Å². The van der Waals surface area contributed by atoms with Crippen LogP contribution in [0.2, 0.25) is 0 Å². The van der Waals surface area contributed by atoms with Crippen molar-refractivity contribution in [3.8, 4) is 0 Å². The molecule has 0 aliphatic carbocycles. The summed E-state index contributed by atoms with van der Waals surface area (Å²) in [5.74, 6) is -0.194. The number of fused-ring (bicyclic) bond motifs is 3. The zero-order valence-corrected chi connectivity index (χ0v) is 15.3. The van der Waals surface area contributed by atoms with Gasteiger partial charge in [0.2, 0.25) is 5.91 Å². The Bertz CT molecular complexity index is 998. The molecule has 0 aromatic carbocycles. The number of furan rings is 1. The Labute approximate surface area is 155 Å². The van der Waals surface area contributed by atoms with Crippen molar-refractivity contribution in [3.05, 3.63) is 35.1 Å². The molecule has 1 aliphatic rings. The maximum atomic E-state index is 12.9. The fourth-order valence-electron chi connectivity index (χ4n) is 3.48. The number of carbonyl (C=O) groups excluding carboxylic acids is 1. The van der Waals surface area contributed by atoms with E-state index >= 15 is 0 Å². The average molecular weight is 373 g/mol. The molecule has 9 heteroatoms. The number of hydrogen-bond acceptors (Lipinski definition) is 6. The first-order valence-corrected chi connectivity index (χ1v) is 9.23. The van der Waals surface area contributed by atoms with Gasteiger partial charge in [-0.1, -0.05) is 6.92 Å². The molecule has 1 fully saturated rings. The number of nitrogens with zero attached hydrogens (tertiary/aromatic N) is 4. The monoisotopic (exact) mass is 373 g/mol. The molecule has 1 aliphatic heterocycles. The van der Waals surface area contributed by atoms with Crippen LogP contribution in [0, 0.1) is 0 Å². The minimum atomic E-state index is -0.645. The molecule has 0 spiro atoms. The molecule has 1 saturated heterocycles. The molecule has 3 aromatic heterocycles. The van der Waals surface area contributed by atoms with Crippen LogP contribution < -0.4 is 10.9 Å². The quantitative estimate of drug-likeness (QED) is 0.682. The van der Waals surface area contributed by atoms with Crippen molar-refractivity contribution in [2.45, 2.75) is 19.4 Å². The molecule has 27 heavy (non-hydrogen) atoms. The van der Waals surface area contributed by atoms with Gasteiger partial charge in [-0.25, -0.2) is 4.68 Å². The SMILES string of the molecule is CCC(C(=O)NCCN1CCOCC1)n1ncn2c(cc3occc32)c1=O. The molecule has 4 rings (SSSR count). The van der Waals surface area contributed by atoms with E-state index in [1.54, 1.807) is 29.1 Å². The average Bonchev–Trinajstić information content (AvgIpc) is 3.27. The smallest absolute Gasteiger partial charge is 0.291 e. The van der Waals surface area contributed by atoms with Crippen LogP contribution in [-0.2, 0) is 9.53 Å². The lowest BCUT2D eigenvalue weighted by atomic mass is 10.2. The first-order chi connectivity index (χ1) is 13.2. The number of carbonyl (C=O) groups is 1. The Morgan fingerprint density at radius 1 is 1.33 bits per heavy atom. The molecule has 1 N–H and O–H groups in total. The fourth-order valence-corrected chi connectivity index (χ4v) is 3.48. The molecule has 3 aromatic rings. The lowest BCUT2D eigenvalue weighted by Crippen LogP contribution is -2.44. The number of ether oxygens (including phenoxy) is 1. The Kier molecular flexibility index (Phi) is 4.95. The van der Waals surface area contributed by atoms with Crippen LogP contribution in [0.15, 0.2) is 33.9 Å². The number of hydrogen-bond donors (Lipinski definition) is 1. The van der Waals surface area contributed by atoms with E-state index in [1.807, 2.05) is 6.92 Å². The van der Waals surface area contributed by atoms with Crippen LogP contribution in [0.25, 0.3) is 16.6 Å². The van der Waals surface area contributed by atoms with Crippen molar-refractivity contribution in [1.29, 1.82) is 0 Å². The topological polar surface area (TPSA) is 94.0 Å². The van der Waals surface area contributed by atoms with Gasteiger partial charge in [-0.15, -0.1) is 0 Å². The number of nitrogens with one attached hydrogen (secondary N) is 1. The summed E-state index contributed by atoms with van der Waals surface area (Å²) in [6, 6.07) is 2.82. The predicted octanol–water partition coefficient (Wildman–Crippen LogP) is 0.642. The highest BCUT2D eigenvalue weighted by atomic mass is 16.5. The van der Waals surface area contributed by atoms with Crippen molar-refractivity contribution in [2.24, 2.45) is 0 Å². The molecule has 0 saturated carbocycles. The van der Waals surface area contributed by atoms with Crippen molar-refractivity contribution >= 4 is 22.5 Å². The highest BCUT2D eigenvalue weighted by Gasteiger charge is 2.22. The third kappa shape index (κ3) is 3.35. The number of amides is 1. The minimum Gasteiger partial charge on any atom is -0.463 e. The highest BCUT2D eigenvalue weighted by molar-refractivity contribution is 5.82. The lowest BCUT2D eigenvalue weighted by molar-refractivity contribution is -0.124. The van der Waals surface area contributed by atoms with E-state index in [0.717, 1.165) is 38.4 Å². The van der Waals surface area contributed by atoms with Gasteiger partial charge in [-0.05, 0) is 6.42 Å². The zero-order chi connectivity index (χ0) is 18.8. The van der Waals surface area contributed by atoms with Gasteiger partial charge in [0.1, 0.15) is 17.9 Å². The summed E-state index contributed by atoms with van der Waals surface area (Å²) >= 11 is 0. The third-order valence-corrected chi connectivity index (χ3v) is 4.99. The molecule has 4 heterocycles. The predicted molar refractivity (Wildman–Crippen MR) is 98.8 cm³/mol. The highest BCUT2D eigenvalue weighted by Crippen LogP contribution is 2.19. The van der Waals surface area contributed by atoms with Gasteiger partial charge in [-0.2, -0.15) is 5.10 Å². The van der Waals surface area contributed by atoms with Crippen LogP contribution in [0.5, 0.6) is 0 Å². The van der Waals surface area contributed by atoms with Crippen LogP contribution in [0.1, 0.15) is 19.4 Å². The van der Waals surface area contributed by atoms with E-state index in [0.29, 0.717) is 24.1 Å². The largest absolute Gasteiger partial charge is 0.463 e. The summed E-state index contributed by atoms with van der Waals surface area (Å²) < 4.78 is 13.6. The van der Waals surface area contributed by atoms with Gasteiger partial charge in [0.25, 0.3) is 5.56 Å². The van der Waals surface area contributed by atoms with E-state index in [9.17, 15) is 9.59 Å². The molecule has 1 amide bonds. The van der Waals surface area contributed by atoms with E-state index in [4.69, 9.17) is 9.15 Å². The molecule has 1 atom stereocenters. The molecular formula is C18H23N5O4. The van der Waals surface area contributed by atoms with E-state index < -0.39 is 6.04 Å². The maximum absolute atomic E-state index is 12.9. The Balaban J connectivity index is 1.50. The number of aromatic nitrogens is 3. The number of morpholine rings is 1. The Morgan fingerprint density at radius 3 is 2.93 bits per heavy atom. The fraction of sp³-hybridized carbons (Fsp3) is 0.500. The van der Waals surface area contributed by atoms with Gasteiger partial charge in [0, 0.05) is 38.3 Å². The van der Waals surface area contributed by atoms with Crippen LogP contribution in [0.3, 0.4) is 0 Å². The molecular weight excluding hydrogens is 350 g/mol. The normalized spacial score (nSPS) is 16.8. The van der Waals surface area contributed by atoms with Gasteiger partial charge < -0.3 is 14.5 Å². The third-order valence-electron chi connectivity index (χ3n) is 4.99. The van der Waals surface area contributed by atoms with Gasteiger partial charge in [0.05, 0.1) is 25.0 Å². The first-order valence-electron chi connectivity index (χ1n) is 9.23. The van der Waals surface area contributed by atoms with Crippen LogP contribution >= 0.6 is 0 Å². The molecule has 0 bridgehead atoms. The van der Waals surface area contributed by atoms with Gasteiger partial charge in [0.15, 0.2) is 5.58 Å². The standard InChI is InChI=1S/C18H23N5O4/c1-2-13(17(24)19-4-5-21-6-9-26-10-7-21)23-18(25)15-11-16-14(3-8-27-16)22(15)12-20-23/h3,8,11-13H,2,4-7,9-10H2,1H3,(H,19,24). The van der Waals surface area contributed by atoms with E-state index in [1.165, 1.54) is 4.68 Å². The zero-order valence-electron chi connectivity index (χ0n) is 15.3. The second-order valence-corrected chi connectivity index (χ2v) is 6.62. The first kappa shape index (κ1) is 17.7. The van der Waals surface area contributed by atoms with Gasteiger partial charge in [-0.3, -0.25) is 18.9 Å².